The van der Waals surface area contributed by atoms with Crippen molar-refractivity contribution in [3.8, 4) is 0 Å². The van der Waals surface area contributed by atoms with Gasteiger partial charge < -0.3 is 24.2 Å². The van der Waals surface area contributed by atoms with Gasteiger partial charge in [0.15, 0.2) is 6.10 Å². The van der Waals surface area contributed by atoms with Crippen molar-refractivity contribution >= 4 is 25.7 Å². The van der Waals surface area contributed by atoms with Crippen LogP contribution >= 0.6 is 7.82 Å². The zero-order valence-electron chi connectivity index (χ0n) is 43.1. The van der Waals surface area contributed by atoms with Crippen molar-refractivity contribution in [1.29, 1.82) is 0 Å². The Morgan fingerprint density at radius 3 is 1.25 bits per heavy atom. The molecule has 0 fully saturated rings. The number of esters is 3. The minimum Gasteiger partial charge on any atom is -0.462 e. The highest BCUT2D eigenvalue weighted by Gasteiger charge is 2.28. The second-order valence-corrected chi connectivity index (χ2v) is 19.1. The van der Waals surface area contributed by atoms with E-state index in [0.717, 1.165) is 135 Å². The van der Waals surface area contributed by atoms with Crippen molar-refractivity contribution < 1.29 is 52.2 Å². The summed E-state index contributed by atoms with van der Waals surface area (Å²) in [5, 5.41) is 9.78. The van der Waals surface area contributed by atoms with E-state index in [0.29, 0.717) is 19.3 Å². The molecule has 0 radical (unpaired) electrons. The third-order valence-corrected chi connectivity index (χ3v) is 12.0. The van der Waals surface area contributed by atoms with Gasteiger partial charge in [0, 0.05) is 19.3 Å². The molecule has 0 bridgehead atoms. The number of phosphoric ester groups is 1. The Hall–Kier alpha value is -3.08. The molecule has 0 saturated carbocycles. The minimum absolute atomic E-state index is 0.143. The smallest absolute Gasteiger partial charge is 0.462 e. The zero-order chi connectivity index (χ0) is 49.9. The number of hydrogen-bond donors (Lipinski definition) is 2. The lowest BCUT2D eigenvalue weighted by molar-refractivity contribution is -0.161. The maximum atomic E-state index is 12.9. The Morgan fingerprint density at radius 2 is 0.794 bits per heavy atom. The highest BCUT2D eigenvalue weighted by Crippen LogP contribution is 2.43. The van der Waals surface area contributed by atoms with Crippen LogP contribution in [-0.4, -0.2) is 66.5 Å². The van der Waals surface area contributed by atoms with E-state index >= 15 is 0 Å². The molecule has 3 unspecified atom stereocenters. The Balaban J connectivity index is 4.79. The summed E-state index contributed by atoms with van der Waals surface area (Å²) in [5.41, 5.74) is 0. The summed E-state index contributed by atoms with van der Waals surface area (Å²) in [6.07, 6.45) is 54.3. The van der Waals surface area contributed by atoms with Crippen LogP contribution in [0, 0.1) is 0 Å². The van der Waals surface area contributed by atoms with Gasteiger partial charge in [-0.05, 0) is 103 Å². The lowest BCUT2D eigenvalue weighted by atomic mass is 10.1. The third-order valence-electron chi connectivity index (χ3n) is 11.1. The fourth-order valence-corrected chi connectivity index (χ4v) is 7.77. The lowest BCUT2D eigenvalue weighted by Gasteiger charge is -2.21. The molecule has 0 rings (SSSR count). The van der Waals surface area contributed by atoms with Crippen LogP contribution in [0.5, 0.6) is 0 Å². The number of hydrogen-bond acceptors (Lipinski definition) is 10. The molecule has 0 aliphatic rings. The Kier molecular flexibility index (Phi) is 48.0. The maximum Gasteiger partial charge on any atom is 0.472 e. The van der Waals surface area contributed by atoms with Crippen LogP contribution in [0.4, 0.5) is 0 Å². The van der Waals surface area contributed by atoms with Gasteiger partial charge in [-0.25, -0.2) is 4.57 Å². The van der Waals surface area contributed by atoms with Gasteiger partial charge in [-0.3, -0.25) is 23.4 Å². The number of carbonyl (C=O) groups is 3. The third kappa shape index (κ3) is 48.0. The normalized spacial score (nSPS) is 14.0. The van der Waals surface area contributed by atoms with E-state index in [1.54, 1.807) is 0 Å². The van der Waals surface area contributed by atoms with Crippen molar-refractivity contribution in [2.24, 2.45) is 0 Å². The van der Waals surface area contributed by atoms with E-state index in [9.17, 15) is 28.9 Å². The number of allylic oxidation sites excluding steroid dienone is 12. The molecule has 0 amide bonds. The molecule has 0 saturated heterocycles. The van der Waals surface area contributed by atoms with E-state index in [4.69, 9.17) is 23.3 Å². The molecule has 0 aliphatic heterocycles. The number of phosphoric acid groups is 1. The number of rotatable bonds is 49. The number of carbonyl (C=O) groups excluding carboxylic acids is 3. The molecule has 11 nitrogen and oxygen atoms in total. The van der Waals surface area contributed by atoms with E-state index in [2.05, 4.69) is 93.7 Å². The highest BCUT2D eigenvalue weighted by atomic mass is 31.2. The Bertz CT molecular complexity index is 1420. The quantitative estimate of drug-likeness (QED) is 0.0197. The van der Waals surface area contributed by atoms with Crippen LogP contribution in [0.25, 0.3) is 0 Å². The van der Waals surface area contributed by atoms with Gasteiger partial charge in [0.1, 0.15) is 12.7 Å². The first kappa shape index (κ1) is 64.9. The van der Waals surface area contributed by atoms with E-state index in [1.807, 2.05) is 0 Å². The van der Waals surface area contributed by atoms with E-state index in [1.165, 1.54) is 32.1 Å². The van der Waals surface area contributed by atoms with Crippen LogP contribution in [0.1, 0.15) is 226 Å². The van der Waals surface area contributed by atoms with Gasteiger partial charge in [-0.15, -0.1) is 0 Å². The standard InChI is InChI=1S/C56H97O11P/c1-4-7-10-13-16-19-22-25-26-29-32-35-38-41-44-47-56(60)67-53(49-63-54(58)45-42-39-36-33-30-27-23-20-17-14-11-8-5-2)51-65-68(61,62)64-50-52(48-57)66-55(59)46-43-40-37-34-31-28-24-21-18-15-12-9-6-3/h7,10-11,14,16,19-21,23-26,52-53,57H,4-6,8-9,12-13,15,17-18,22,27-51H2,1-3H3,(H,61,62)/b10-7-,14-11-,19-16-,23-20-,24-21-,26-25-. The first-order valence-corrected chi connectivity index (χ1v) is 28.3. The summed E-state index contributed by atoms with van der Waals surface area (Å²) < 4.78 is 39.4. The summed E-state index contributed by atoms with van der Waals surface area (Å²) >= 11 is 0. The molecule has 3 atom stereocenters. The first-order chi connectivity index (χ1) is 33.2. The second kappa shape index (κ2) is 50.3. The van der Waals surface area contributed by atoms with Gasteiger partial charge >= 0.3 is 25.7 Å². The monoisotopic (exact) mass is 977 g/mol. The van der Waals surface area contributed by atoms with Crippen molar-refractivity contribution in [2.45, 2.75) is 238 Å². The van der Waals surface area contributed by atoms with Crippen LogP contribution < -0.4 is 0 Å². The minimum atomic E-state index is -4.75. The molecule has 0 aromatic heterocycles. The molecule has 0 aromatic carbocycles. The van der Waals surface area contributed by atoms with Gasteiger partial charge in [-0.1, -0.05) is 177 Å². The molecule has 0 heterocycles. The summed E-state index contributed by atoms with van der Waals surface area (Å²) in [6.45, 7) is 4.40. The van der Waals surface area contributed by atoms with Crippen molar-refractivity contribution in [1.82, 2.24) is 0 Å². The number of aliphatic hydroxyl groups is 1. The second-order valence-electron chi connectivity index (χ2n) is 17.7. The zero-order valence-corrected chi connectivity index (χ0v) is 43.9. The average molecular weight is 977 g/mol. The predicted molar refractivity (Wildman–Crippen MR) is 279 cm³/mol. The summed E-state index contributed by atoms with van der Waals surface area (Å²) in [5.74, 6) is -1.51. The Labute approximate surface area is 414 Å². The summed E-state index contributed by atoms with van der Waals surface area (Å²) in [7, 11) is -4.75. The van der Waals surface area contributed by atoms with E-state index < -0.39 is 57.8 Å². The number of ether oxygens (including phenoxy) is 3. The summed E-state index contributed by atoms with van der Waals surface area (Å²) in [4.78, 5) is 48.4. The fourth-order valence-electron chi connectivity index (χ4n) is 6.99. The van der Waals surface area contributed by atoms with E-state index in [-0.39, 0.29) is 25.9 Å². The van der Waals surface area contributed by atoms with Gasteiger partial charge in [0.05, 0.1) is 19.8 Å². The maximum absolute atomic E-state index is 12.9. The molecule has 2 N–H and O–H groups in total. The molecular weight excluding hydrogens is 880 g/mol. The number of unbranched alkanes of at least 4 members (excludes halogenated alkanes) is 20. The summed E-state index contributed by atoms with van der Waals surface area (Å²) in [6, 6.07) is 0. The van der Waals surface area contributed by atoms with Crippen molar-refractivity contribution in [3.05, 3.63) is 72.9 Å². The lowest BCUT2D eigenvalue weighted by Crippen LogP contribution is -2.30. The van der Waals surface area contributed by atoms with Gasteiger partial charge in [0.25, 0.3) is 0 Å². The van der Waals surface area contributed by atoms with Crippen LogP contribution in [0.3, 0.4) is 0 Å². The van der Waals surface area contributed by atoms with Gasteiger partial charge in [-0.2, -0.15) is 0 Å². The topological polar surface area (TPSA) is 155 Å². The van der Waals surface area contributed by atoms with Crippen molar-refractivity contribution in [3.63, 3.8) is 0 Å². The first-order valence-electron chi connectivity index (χ1n) is 26.8. The van der Waals surface area contributed by atoms with Crippen LogP contribution in [0.2, 0.25) is 0 Å². The van der Waals surface area contributed by atoms with Gasteiger partial charge in [0.2, 0.25) is 0 Å². The largest absolute Gasteiger partial charge is 0.472 e. The molecule has 0 aromatic rings. The Morgan fingerprint density at radius 1 is 0.426 bits per heavy atom. The molecule has 0 aliphatic carbocycles. The highest BCUT2D eigenvalue weighted by molar-refractivity contribution is 7.47. The fraction of sp³-hybridized carbons (Fsp3) is 0.732. The molecule has 12 heteroatoms. The molecule has 68 heavy (non-hydrogen) atoms. The average Bonchev–Trinajstić information content (AvgIpc) is 3.32. The van der Waals surface area contributed by atoms with Crippen LogP contribution in [-0.2, 0) is 42.2 Å². The SMILES string of the molecule is CC/C=C\C/C=C\C/C=C\CCCCCCCC(=O)OC(COC(=O)CCCCCCC/C=C\C/C=C\CCC)COP(=O)(O)OCC(CO)OC(=O)CCCCCCC/C=C\CCCCCC. The van der Waals surface area contributed by atoms with Crippen molar-refractivity contribution in [2.75, 3.05) is 26.4 Å². The number of aliphatic hydroxyl groups excluding tert-OH is 1. The molecule has 392 valence electrons. The van der Waals surface area contributed by atoms with Crippen LogP contribution in [0.15, 0.2) is 72.9 Å². The molecule has 0 spiro atoms. The predicted octanol–water partition coefficient (Wildman–Crippen LogP) is 15.4. The molecular formula is C56H97O11P.